The fourth-order valence-corrected chi connectivity index (χ4v) is 6.77. The predicted molar refractivity (Wildman–Crippen MR) is 171 cm³/mol. The first-order valence-electron chi connectivity index (χ1n) is 15.1. The maximum atomic E-state index is 13.5. The van der Waals surface area contributed by atoms with Crippen molar-refractivity contribution in [3.63, 3.8) is 0 Å². The second kappa shape index (κ2) is 12.2. The summed E-state index contributed by atoms with van der Waals surface area (Å²) in [5.74, 6) is 1.66. The lowest BCUT2D eigenvalue weighted by Crippen LogP contribution is -2.28. The number of sulfonamides is 1. The fourth-order valence-electron chi connectivity index (χ4n) is 5.58. The van der Waals surface area contributed by atoms with Crippen molar-refractivity contribution in [3.8, 4) is 0 Å². The molecule has 0 spiro atoms. The van der Waals surface area contributed by atoms with Crippen LogP contribution >= 0.6 is 0 Å². The first kappa shape index (κ1) is 31.1. The normalized spacial score (nSPS) is 15.9. The zero-order valence-corrected chi connectivity index (χ0v) is 26.8. The fraction of sp³-hybridized carbons (Fsp3) is 0.576. The third-order valence-electron chi connectivity index (χ3n) is 8.20. The summed E-state index contributed by atoms with van der Waals surface area (Å²) in [4.78, 5) is 17.5. The predicted octanol–water partition coefficient (Wildman–Crippen LogP) is 8.14. The maximum Gasteiger partial charge on any atom is 0.264 e. The Kier molecular flexibility index (Phi) is 9.22. The molecule has 1 N–H and O–H groups in total. The minimum Gasteiger partial charge on any atom is -0.328 e. The molecule has 41 heavy (non-hydrogen) atoms. The number of rotatable bonds is 7. The van der Waals surface area contributed by atoms with Crippen LogP contribution < -0.4 is 9.62 Å². The number of aryl methyl sites for hydroxylation is 1. The van der Waals surface area contributed by atoms with Crippen LogP contribution in [-0.4, -0.2) is 30.9 Å². The Morgan fingerprint density at radius 1 is 0.976 bits per heavy atom. The summed E-state index contributed by atoms with van der Waals surface area (Å²) in [6, 6.07) is 12.1. The van der Waals surface area contributed by atoms with E-state index in [2.05, 4.69) is 30.7 Å². The largest absolute Gasteiger partial charge is 0.328 e. The van der Waals surface area contributed by atoms with Gasteiger partial charge in [-0.3, -0.25) is 9.10 Å². The van der Waals surface area contributed by atoms with Gasteiger partial charge in [-0.25, -0.2) is 13.4 Å². The van der Waals surface area contributed by atoms with Crippen molar-refractivity contribution in [3.05, 3.63) is 48.3 Å². The Balaban J connectivity index is 0.00000484. The zero-order chi connectivity index (χ0) is 30.0. The van der Waals surface area contributed by atoms with E-state index in [1.165, 1.54) is 61.4 Å². The molecule has 3 aromatic rings. The number of imidazole rings is 1. The summed E-state index contributed by atoms with van der Waals surface area (Å²) in [5.41, 5.74) is 2.31. The molecule has 1 saturated carbocycles. The molecule has 1 aliphatic carbocycles. The second-order valence-electron chi connectivity index (χ2n) is 13.7. The van der Waals surface area contributed by atoms with Gasteiger partial charge >= 0.3 is 0 Å². The van der Waals surface area contributed by atoms with Crippen molar-refractivity contribution in [2.24, 2.45) is 11.3 Å². The summed E-state index contributed by atoms with van der Waals surface area (Å²) in [6.45, 7) is 13.0. The number of nitrogens with zero attached hydrogens (tertiary/aromatic N) is 3. The van der Waals surface area contributed by atoms with Gasteiger partial charge in [-0.05, 0) is 54.8 Å². The van der Waals surface area contributed by atoms with Crippen LogP contribution in [0.2, 0.25) is 0 Å². The third kappa shape index (κ3) is 7.32. The molecule has 0 bridgehead atoms. The number of carbonyl (C=O) groups is 1. The lowest BCUT2D eigenvalue weighted by molar-refractivity contribution is -0.123. The zero-order valence-electron chi connectivity index (χ0n) is 26.0. The molecule has 1 heterocycles. The molecule has 0 radical (unpaired) electrons. The van der Waals surface area contributed by atoms with E-state index in [4.69, 9.17) is 4.98 Å². The summed E-state index contributed by atoms with van der Waals surface area (Å²) < 4.78 is 30.7. The molecule has 8 heteroatoms. The number of anilines is 2. The van der Waals surface area contributed by atoms with Gasteiger partial charge < -0.3 is 9.88 Å². The lowest BCUT2D eigenvalue weighted by Gasteiger charge is -2.23. The number of hydrogen-bond acceptors (Lipinski definition) is 4. The van der Waals surface area contributed by atoms with Crippen LogP contribution in [0.3, 0.4) is 0 Å². The molecule has 1 fully saturated rings. The molecule has 0 aliphatic heterocycles. The van der Waals surface area contributed by atoms with Gasteiger partial charge in [0, 0.05) is 31.5 Å². The highest BCUT2D eigenvalue weighted by Gasteiger charge is 2.26. The average molecular weight is 583 g/mol. The van der Waals surface area contributed by atoms with E-state index in [0.717, 1.165) is 35.7 Å². The molecule has 1 aliphatic rings. The van der Waals surface area contributed by atoms with E-state index in [1.54, 1.807) is 19.2 Å². The van der Waals surface area contributed by atoms with Crippen molar-refractivity contribution in [2.45, 2.75) is 110 Å². The molecule has 1 amide bonds. The van der Waals surface area contributed by atoms with Gasteiger partial charge in [0.25, 0.3) is 10.0 Å². The van der Waals surface area contributed by atoms with Gasteiger partial charge in [-0.15, -0.1) is 0 Å². The molecule has 1 aromatic heterocycles. The van der Waals surface area contributed by atoms with E-state index in [9.17, 15) is 13.2 Å². The van der Waals surface area contributed by atoms with Crippen molar-refractivity contribution in [1.29, 1.82) is 0 Å². The van der Waals surface area contributed by atoms with E-state index in [-0.39, 0.29) is 17.6 Å². The van der Waals surface area contributed by atoms with Crippen LogP contribution in [0.15, 0.2) is 47.4 Å². The topological polar surface area (TPSA) is 84.3 Å². The van der Waals surface area contributed by atoms with Crippen molar-refractivity contribution >= 4 is 38.3 Å². The van der Waals surface area contributed by atoms with E-state index in [0.29, 0.717) is 11.4 Å². The number of nitrogens with one attached hydrogen (secondary N) is 1. The number of amides is 1. The molecular formula is C33H50N4O3S. The molecule has 0 saturated heterocycles. The first-order chi connectivity index (χ1) is 19.2. The summed E-state index contributed by atoms with van der Waals surface area (Å²) >= 11 is 0. The number of aromatic nitrogens is 2. The molecular weight excluding hydrogens is 532 g/mol. The minimum atomic E-state index is -3.81. The Morgan fingerprint density at radius 2 is 1.59 bits per heavy atom. The monoisotopic (exact) mass is 582 g/mol. The van der Waals surface area contributed by atoms with Gasteiger partial charge in [0.05, 0.1) is 21.6 Å². The lowest BCUT2D eigenvalue weighted by atomic mass is 9.88. The van der Waals surface area contributed by atoms with Gasteiger partial charge in [0.2, 0.25) is 5.91 Å². The number of carbonyl (C=O) groups excluding carboxylic acids is 1. The summed E-state index contributed by atoms with van der Waals surface area (Å²) in [5, 5.41) is 2.84. The maximum absolute atomic E-state index is 13.5. The summed E-state index contributed by atoms with van der Waals surface area (Å²) in [6.07, 6.45) is 10.5. The summed E-state index contributed by atoms with van der Waals surface area (Å²) in [7, 11) is -2.24. The quantitative estimate of drug-likeness (QED) is 0.305. The molecule has 0 atom stereocenters. The Morgan fingerprint density at radius 3 is 2.17 bits per heavy atom. The third-order valence-corrected chi connectivity index (χ3v) is 10.0. The van der Waals surface area contributed by atoms with Crippen LogP contribution in [0.4, 0.5) is 11.4 Å². The molecule has 0 unspecified atom stereocenters. The Hall–Kier alpha value is -2.87. The van der Waals surface area contributed by atoms with E-state index in [1.807, 2.05) is 39.0 Å². The van der Waals surface area contributed by atoms with E-state index < -0.39 is 15.4 Å². The van der Waals surface area contributed by atoms with Crippen LogP contribution in [0.5, 0.6) is 0 Å². The number of hydrogen-bond donors (Lipinski definition) is 1. The van der Waals surface area contributed by atoms with Crippen molar-refractivity contribution < 1.29 is 14.6 Å². The van der Waals surface area contributed by atoms with Crippen molar-refractivity contribution in [2.75, 3.05) is 16.7 Å². The minimum absolute atomic E-state index is 0. The molecule has 7 nitrogen and oxygen atoms in total. The molecule has 4 rings (SSSR count). The van der Waals surface area contributed by atoms with E-state index >= 15 is 0 Å². The van der Waals surface area contributed by atoms with Crippen LogP contribution in [0, 0.1) is 11.3 Å². The molecule has 226 valence electrons. The highest BCUT2D eigenvalue weighted by molar-refractivity contribution is 7.92. The Labute approximate surface area is 248 Å². The Bertz CT molecular complexity index is 1460. The number of benzene rings is 2. The molecule has 2 aromatic carbocycles. The standard InChI is InChI=1S/C33H48N4O3S.H2/c1-32(2,3)30-35-28-23-26(17-20-29(28)37(30)22-21-24-13-11-9-8-10-12-14-24)36(7)41(39,40)27-18-15-25(16-19-27)34-31(38)33(4,5)6;/h15-20,23-24H,8-14,21-22H2,1-7H3,(H,34,38);1H. The first-order valence-corrected chi connectivity index (χ1v) is 16.5. The van der Waals surface area contributed by atoms with Crippen LogP contribution in [0.1, 0.15) is 100 Å². The smallest absolute Gasteiger partial charge is 0.264 e. The van der Waals surface area contributed by atoms with Crippen LogP contribution in [0.25, 0.3) is 11.0 Å². The SMILES string of the molecule is CN(c1ccc2c(c1)nc(C(C)(C)C)n2CCC1CCCCCCC1)S(=O)(=O)c1ccc(NC(=O)C(C)(C)C)cc1.[HH]. The van der Waals surface area contributed by atoms with Crippen molar-refractivity contribution in [1.82, 2.24) is 9.55 Å². The van der Waals surface area contributed by atoms with Gasteiger partial charge in [-0.2, -0.15) is 0 Å². The second-order valence-corrected chi connectivity index (χ2v) is 15.7. The van der Waals surface area contributed by atoms with Gasteiger partial charge in [-0.1, -0.05) is 86.5 Å². The highest BCUT2D eigenvalue weighted by Crippen LogP contribution is 2.33. The van der Waals surface area contributed by atoms with Gasteiger partial charge in [0.15, 0.2) is 0 Å². The number of fused-ring (bicyclic) bond motifs is 1. The van der Waals surface area contributed by atoms with Crippen LogP contribution in [-0.2, 0) is 26.8 Å². The van der Waals surface area contributed by atoms with Gasteiger partial charge in [0.1, 0.15) is 5.82 Å². The highest BCUT2D eigenvalue weighted by atomic mass is 32.2. The average Bonchev–Trinajstić information content (AvgIpc) is 3.26.